The minimum Gasteiger partial charge on any atom is -0.392 e. The van der Waals surface area contributed by atoms with Crippen LogP contribution in [0.15, 0.2) is 23.2 Å². The number of amidine groups is 1. The third-order valence-electron chi connectivity index (χ3n) is 2.02. The topological polar surface area (TPSA) is 68.4 Å². The Balaban J connectivity index is 3.01. The standard InChI is InChI=1S/C11H13N3OS/c1-8-5-9(6-15)3-4-10(8)14-11(16-2)13-7-12/h3-5,15H,6H2,1-2H3,(H,13,14). The van der Waals surface area contributed by atoms with E-state index in [0.29, 0.717) is 5.17 Å². The monoisotopic (exact) mass is 235 g/mol. The molecule has 0 unspecified atom stereocenters. The molecule has 0 saturated heterocycles. The Kier molecular flexibility index (Phi) is 4.83. The minimum absolute atomic E-state index is 0.0245. The molecule has 5 heteroatoms. The summed E-state index contributed by atoms with van der Waals surface area (Å²) in [5.74, 6) is 0. The number of nitrogens with zero attached hydrogens (tertiary/aromatic N) is 2. The van der Waals surface area contributed by atoms with Crippen LogP contribution in [0.25, 0.3) is 0 Å². The quantitative estimate of drug-likeness (QED) is 0.355. The van der Waals surface area contributed by atoms with Gasteiger partial charge in [-0.05, 0) is 30.4 Å². The highest BCUT2D eigenvalue weighted by Gasteiger charge is 2.01. The van der Waals surface area contributed by atoms with Gasteiger partial charge in [0, 0.05) is 0 Å². The van der Waals surface area contributed by atoms with Gasteiger partial charge in [0.25, 0.3) is 0 Å². The Labute approximate surface area is 99.0 Å². The van der Waals surface area contributed by atoms with Crippen LogP contribution in [0.4, 0.5) is 5.69 Å². The van der Waals surface area contributed by atoms with Crippen molar-refractivity contribution < 1.29 is 5.11 Å². The van der Waals surface area contributed by atoms with Gasteiger partial charge in [-0.3, -0.25) is 5.32 Å². The molecule has 0 aliphatic rings. The van der Waals surface area contributed by atoms with E-state index in [0.717, 1.165) is 16.8 Å². The molecule has 0 amide bonds. The molecule has 1 aromatic rings. The fourth-order valence-electron chi connectivity index (χ4n) is 1.22. The largest absolute Gasteiger partial charge is 0.392 e. The van der Waals surface area contributed by atoms with Crippen molar-refractivity contribution in [2.24, 2.45) is 4.99 Å². The predicted octanol–water partition coefficient (Wildman–Crippen LogP) is 1.91. The molecule has 84 valence electrons. The van der Waals surface area contributed by atoms with Crippen LogP contribution in [0.3, 0.4) is 0 Å². The first-order valence-corrected chi connectivity index (χ1v) is 5.92. The Morgan fingerprint density at radius 2 is 2.38 bits per heavy atom. The molecule has 0 bridgehead atoms. The first-order chi connectivity index (χ1) is 7.71. The minimum atomic E-state index is 0.0245. The highest BCUT2D eigenvalue weighted by atomic mass is 32.2. The van der Waals surface area contributed by atoms with E-state index in [1.807, 2.05) is 37.6 Å². The zero-order valence-corrected chi connectivity index (χ0v) is 10.0. The molecule has 2 N–H and O–H groups in total. The number of aliphatic hydroxyl groups is 1. The summed E-state index contributed by atoms with van der Waals surface area (Å²) in [6.07, 6.45) is 3.69. The van der Waals surface area contributed by atoms with E-state index in [2.05, 4.69) is 10.3 Å². The van der Waals surface area contributed by atoms with Gasteiger partial charge in [0.1, 0.15) is 0 Å². The first kappa shape index (κ1) is 12.6. The third kappa shape index (κ3) is 3.26. The molecule has 0 saturated carbocycles. The molecular formula is C11H13N3OS. The zero-order valence-electron chi connectivity index (χ0n) is 9.19. The highest BCUT2D eigenvalue weighted by molar-refractivity contribution is 8.13. The second-order valence-corrected chi connectivity index (χ2v) is 3.93. The van der Waals surface area contributed by atoms with E-state index in [9.17, 15) is 0 Å². The number of benzene rings is 1. The SMILES string of the molecule is CSC(=Nc1ccc(CO)cc1C)NC#N. The summed E-state index contributed by atoms with van der Waals surface area (Å²) >= 11 is 1.37. The number of hydrogen-bond acceptors (Lipinski definition) is 4. The van der Waals surface area contributed by atoms with Gasteiger partial charge in [-0.15, -0.1) is 0 Å². The molecule has 0 radical (unpaired) electrons. The van der Waals surface area contributed by atoms with E-state index < -0.39 is 0 Å². The summed E-state index contributed by atoms with van der Waals surface area (Å²) in [5, 5.41) is 20.5. The van der Waals surface area contributed by atoms with Crippen molar-refractivity contribution in [1.29, 1.82) is 5.26 Å². The van der Waals surface area contributed by atoms with Crippen LogP contribution in [0, 0.1) is 18.4 Å². The summed E-state index contributed by atoms with van der Waals surface area (Å²) in [5.41, 5.74) is 2.62. The van der Waals surface area contributed by atoms with Crippen LogP contribution in [0.2, 0.25) is 0 Å². The van der Waals surface area contributed by atoms with Gasteiger partial charge < -0.3 is 5.11 Å². The normalized spacial score (nSPS) is 11.0. The van der Waals surface area contributed by atoms with Gasteiger partial charge in [0.05, 0.1) is 12.3 Å². The van der Waals surface area contributed by atoms with Crippen LogP contribution in [0.1, 0.15) is 11.1 Å². The van der Waals surface area contributed by atoms with Crippen molar-refractivity contribution in [1.82, 2.24) is 5.32 Å². The predicted molar refractivity (Wildman–Crippen MR) is 66.5 cm³/mol. The van der Waals surface area contributed by atoms with Gasteiger partial charge in [-0.1, -0.05) is 23.9 Å². The van der Waals surface area contributed by atoms with E-state index in [-0.39, 0.29) is 6.61 Å². The number of nitrogens with one attached hydrogen (secondary N) is 1. The number of aliphatic hydroxyl groups excluding tert-OH is 1. The summed E-state index contributed by atoms with van der Waals surface area (Å²) in [7, 11) is 0. The molecule has 0 fully saturated rings. The van der Waals surface area contributed by atoms with Crippen molar-refractivity contribution in [2.75, 3.05) is 6.26 Å². The van der Waals surface area contributed by atoms with Gasteiger partial charge in [-0.25, -0.2) is 4.99 Å². The fourth-order valence-corrected chi connectivity index (χ4v) is 1.56. The lowest BCUT2D eigenvalue weighted by atomic mass is 10.1. The molecule has 1 aromatic carbocycles. The van der Waals surface area contributed by atoms with Crippen molar-refractivity contribution in [3.05, 3.63) is 29.3 Å². The first-order valence-electron chi connectivity index (χ1n) is 4.69. The number of aliphatic imine (C=N–C) groups is 1. The Hall–Kier alpha value is -1.51. The zero-order chi connectivity index (χ0) is 12.0. The van der Waals surface area contributed by atoms with E-state index in [1.54, 1.807) is 0 Å². The van der Waals surface area contributed by atoms with Crippen molar-refractivity contribution in [3.63, 3.8) is 0 Å². The van der Waals surface area contributed by atoms with E-state index in [1.165, 1.54) is 11.8 Å². The maximum atomic E-state index is 8.97. The summed E-state index contributed by atoms with van der Waals surface area (Å²) in [6.45, 7) is 1.94. The average molecular weight is 235 g/mol. The van der Waals surface area contributed by atoms with Gasteiger partial charge in [0.15, 0.2) is 11.4 Å². The smallest absolute Gasteiger partial charge is 0.183 e. The molecule has 0 aliphatic heterocycles. The Bertz CT molecular complexity index is 437. The molecule has 16 heavy (non-hydrogen) atoms. The van der Waals surface area contributed by atoms with Crippen LogP contribution in [0.5, 0.6) is 0 Å². The van der Waals surface area contributed by atoms with Crippen LogP contribution >= 0.6 is 11.8 Å². The van der Waals surface area contributed by atoms with Crippen LogP contribution in [-0.2, 0) is 6.61 Å². The van der Waals surface area contributed by atoms with Gasteiger partial charge >= 0.3 is 0 Å². The number of nitriles is 1. The van der Waals surface area contributed by atoms with E-state index >= 15 is 0 Å². The second kappa shape index (κ2) is 6.16. The molecule has 1 rings (SSSR count). The van der Waals surface area contributed by atoms with Crippen molar-refractivity contribution in [3.8, 4) is 6.19 Å². The fraction of sp³-hybridized carbons (Fsp3) is 0.273. The average Bonchev–Trinajstić information content (AvgIpc) is 2.30. The number of thioether (sulfide) groups is 1. The number of aryl methyl sites for hydroxylation is 1. The van der Waals surface area contributed by atoms with Crippen LogP contribution in [-0.4, -0.2) is 16.5 Å². The molecule has 4 nitrogen and oxygen atoms in total. The maximum Gasteiger partial charge on any atom is 0.183 e. The highest BCUT2D eigenvalue weighted by Crippen LogP contribution is 2.21. The summed E-state index contributed by atoms with van der Waals surface area (Å²) in [6, 6.07) is 5.52. The van der Waals surface area contributed by atoms with Gasteiger partial charge in [0.2, 0.25) is 0 Å². The maximum absolute atomic E-state index is 8.97. The summed E-state index contributed by atoms with van der Waals surface area (Å²) in [4.78, 5) is 4.31. The Morgan fingerprint density at radius 3 is 2.88 bits per heavy atom. The lowest BCUT2D eigenvalue weighted by Crippen LogP contribution is -2.12. The Morgan fingerprint density at radius 1 is 1.62 bits per heavy atom. The number of hydrogen-bond donors (Lipinski definition) is 2. The second-order valence-electron chi connectivity index (χ2n) is 3.14. The lowest BCUT2D eigenvalue weighted by molar-refractivity contribution is 0.282. The third-order valence-corrected chi connectivity index (χ3v) is 2.60. The number of rotatable bonds is 2. The van der Waals surface area contributed by atoms with Crippen LogP contribution < -0.4 is 5.32 Å². The lowest BCUT2D eigenvalue weighted by Gasteiger charge is -2.04. The van der Waals surface area contributed by atoms with Gasteiger partial charge in [-0.2, -0.15) is 5.26 Å². The molecule has 0 aliphatic carbocycles. The van der Waals surface area contributed by atoms with E-state index in [4.69, 9.17) is 10.4 Å². The molecule has 0 spiro atoms. The summed E-state index contributed by atoms with van der Waals surface area (Å²) < 4.78 is 0. The molecule has 0 atom stereocenters. The molecule has 0 heterocycles. The van der Waals surface area contributed by atoms with Crippen molar-refractivity contribution >= 4 is 22.6 Å². The molecular weight excluding hydrogens is 222 g/mol. The molecule has 0 aromatic heterocycles. The van der Waals surface area contributed by atoms with Crippen molar-refractivity contribution in [2.45, 2.75) is 13.5 Å².